The topological polar surface area (TPSA) is 143 Å². The molecule has 0 bridgehead atoms. The first-order chi connectivity index (χ1) is 22.3. The summed E-state index contributed by atoms with van der Waals surface area (Å²) in [5, 5.41) is 12.4. The standard InChI is InChI=1S/C34H51N5O7S2/c1-10-45-31(43)29-27(23(3)21-48-29)37-25(41)19-39(16-12-34(7,8)13-17-39)18-24(40)36-26-22(2)20-47-28(26)30(42)35-14-11-15-38(9)32(44)46-33(4,5)6/h20-21H,10-19H2,1-9H3,(H2-,35,36,37,40,41,42,43)/p+1. The number of nitrogens with zero attached hydrogens (tertiary/aromatic N) is 2. The molecule has 2 aromatic rings. The number of esters is 1. The van der Waals surface area contributed by atoms with Crippen molar-refractivity contribution in [2.24, 2.45) is 5.41 Å². The highest BCUT2D eigenvalue weighted by Crippen LogP contribution is 2.35. The third-order valence-corrected chi connectivity index (χ3v) is 10.5. The lowest BCUT2D eigenvalue weighted by atomic mass is 9.81. The van der Waals surface area contributed by atoms with Crippen LogP contribution in [0.25, 0.3) is 0 Å². The fourth-order valence-corrected chi connectivity index (χ4v) is 7.22. The molecule has 1 fully saturated rings. The highest BCUT2D eigenvalue weighted by atomic mass is 32.1. The first-order valence-electron chi connectivity index (χ1n) is 16.4. The van der Waals surface area contributed by atoms with Crippen molar-refractivity contribution in [2.45, 2.75) is 80.3 Å². The van der Waals surface area contributed by atoms with Crippen molar-refractivity contribution in [2.75, 3.05) is 63.6 Å². The van der Waals surface area contributed by atoms with Crippen molar-refractivity contribution in [3.8, 4) is 0 Å². The number of anilines is 2. The molecule has 1 aliphatic heterocycles. The molecule has 0 spiro atoms. The molecule has 3 N–H and O–H groups in total. The van der Waals surface area contributed by atoms with E-state index < -0.39 is 17.7 Å². The summed E-state index contributed by atoms with van der Waals surface area (Å²) in [6.45, 7) is 17.6. The van der Waals surface area contributed by atoms with Crippen LogP contribution < -0.4 is 16.0 Å². The molecule has 3 rings (SSSR count). The lowest BCUT2D eigenvalue weighted by molar-refractivity contribution is -0.919. The monoisotopic (exact) mass is 706 g/mol. The number of likely N-dealkylation sites (tertiary alicyclic amines) is 1. The summed E-state index contributed by atoms with van der Waals surface area (Å²) in [6, 6.07) is 0. The Labute approximate surface area is 292 Å². The Balaban J connectivity index is 1.66. The summed E-state index contributed by atoms with van der Waals surface area (Å²) in [5.41, 5.74) is 1.95. The van der Waals surface area contributed by atoms with E-state index in [4.69, 9.17) is 9.47 Å². The van der Waals surface area contributed by atoms with Crippen molar-refractivity contribution in [1.29, 1.82) is 0 Å². The smallest absolute Gasteiger partial charge is 0.410 e. The Morgan fingerprint density at radius 2 is 1.44 bits per heavy atom. The summed E-state index contributed by atoms with van der Waals surface area (Å²) in [6.07, 6.45) is 1.78. The van der Waals surface area contributed by atoms with Crippen LogP contribution in [0, 0.1) is 19.3 Å². The molecule has 3 heterocycles. The van der Waals surface area contributed by atoms with Gasteiger partial charge in [-0.2, -0.15) is 0 Å². The predicted molar refractivity (Wildman–Crippen MR) is 190 cm³/mol. The average molecular weight is 707 g/mol. The molecule has 0 aromatic carbocycles. The zero-order chi connectivity index (χ0) is 35.9. The lowest BCUT2D eigenvalue weighted by Gasteiger charge is -2.45. The van der Waals surface area contributed by atoms with Crippen LogP contribution in [-0.4, -0.2) is 97.7 Å². The number of ether oxygens (including phenoxy) is 2. The van der Waals surface area contributed by atoms with E-state index in [1.165, 1.54) is 27.6 Å². The maximum Gasteiger partial charge on any atom is 0.410 e. The van der Waals surface area contributed by atoms with Gasteiger partial charge in [0.05, 0.1) is 31.1 Å². The molecule has 1 saturated heterocycles. The van der Waals surface area contributed by atoms with Crippen LogP contribution in [0.2, 0.25) is 0 Å². The van der Waals surface area contributed by atoms with Crippen LogP contribution in [0.15, 0.2) is 10.8 Å². The van der Waals surface area contributed by atoms with Crippen LogP contribution in [0.4, 0.5) is 16.2 Å². The van der Waals surface area contributed by atoms with Gasteiger partial charge in [-0.15, -0.1) is 22.7 Å². The predicted octanol–water partition coefficient (Wildman–Crippen LogP) is 5.80. The molecular weight excluding hydrogens is 655 g/mol. The van der Waals surface area contributed by atoms with E-state index in [0.717, 1.165) is 24.0 Å². The van der Waals surface area contributed by atoms with E-state index in [-0.39, 0.29) is 47.3 Å². The second-order valence-electron chi connectivity index (χ2n) is 14.3. The highest BCUT2D eigenvalue weighted by molar-refractivity contribution is 7.13. The van der Waals surface area contributed by atoms with Gasteiger partial charge in [0.1, 0.15) is 15.4 Å². The normalized spacial score (nSPS) is 15.3. The van der Waals surface area contributed by atoms with Gasteiger partial charge in [0.2, 0.25) is 0 Å². The fraction of sp³-hybridized carbons (Fsp3) is 0.618. The molecule has 0 aliphatic carbocycles. The van der Waals surface area contributed by atoms with E-state index in [0.29, 0.717) is 53.7 Å². The third kappa shape index (κ3) is 11.0. The zero-order valence-corrected chi connectivity index (χ0v) is 31.4. The molecule has 0 radical (unpaired) electrons. The molecule has 14 heteroatoms. The molecule has 4 amide bonds. The van der Waals surface area contributed by atoms with Crippen LogP contribution in [-0.2, 0) is 19.1 Å². The Morgan fingerprint density at radius 3 is 1.96 bits per heavy atom. The van der Waals surface area contributed by atoms with Crippen molar-refractivity contribution >= 4 is 63.8 Å². The molecule has 266 valence electrons. The molecule has 2 aromatic heterocycles. The Kier molecular flexibility index (Phi) is 13.2. The van der Waals surface area contributed by atoms with Gasteiger partial charge in [-0.3, -0.25) is 14.4 Å². The molecule has 48 heavy (non-hydrogen) atoms. The number of hydrogen-bond donors (Lipinski definition) is 3. The first-order valence-corrected chi connectivity index (χ1v) is 18.1. The largest absolute Gasteiger partial charge is 0.462 e. The van der Waals surface area contributed by atoms with Crippen LogP contribution in [0.3, 0.4) is 0 Å². The van der Waals surface area contributed by atoms with Crippen molar-refractivity contribution in [3.63, 3.8) is 0 Å². The van der Waals surface area contributed by atoms with Crippen LogP contribution in [0.1, 0.15) is 91.3 Å². The van der Waals surface area contributed by atoms with Crippen LogP contribution >= 0.6 is 22.7 Å². The number of hydrogen-bond acceptors (Lipinski definition) is 9. The van der Waals surface area contributed by atoms with Gasteiger partial charge in [-0.1, -0.05) is 13.8 Å². The molecular formula is C34H52N5O7S2+. The van der Waals surface area contributed by atoms with Gasteiger partial charge in [0.25, 0.3) is 17.7 Å². The highest BCUT2D eigenvalue weighted by Gasteiger charge is 2.41. The number of piperidine rings is 1. The number of thiophene rings is 2. The number of carbonyl (C=O) groups excluding carboxylic acids is 5. The van der Waals surface area contributed by atoms with Crippen molar-refractivity contribution in [3.05, 3.63) is 31.6 Å². The Bertz CT molecular complexity index is 1480. The maximum atomic E-state index is 13.6. The van der Waals surface area contributed by atoms with E-state index in [1.807, 2.05) is 24.6 Å². The van der Waals surface area contributed by atoms with Crippen LogP contribution in [0.5, 0.6) is 0 Å². The number of rotatable bonds is 13. The minimum Gasteiger partial charge on any atom is -0.462 e. The molecule has 0 atom stereocenters. The first kappa shape index (κ1) is 39.0. The molecule has 1 aliphatic rings. The Morgan fingerprint density at radius 1 is 0.917 bits per heavy atom. The second kappa shape index (κ2) is 16.3. The lowest BCUT2D eigenvalue weighted by Crippen LogP contribution is -2.60. The number of nitrogens with one attached hydrogen (secondary N) is 3. The summed E-state index contributed by atoms with van der Waals surface area (Å²) in [5.74, 6) is -1.35. The van der Waals surface area contributed by atoms with E-state index in [9.17, 15) is 24.0 Å². The number of amides is 4. The van der Waals surface area contributed by atoms with E-state index in [1.54, 1.807) is 34.7 Å². The third-order valence-electron chi connectivity index (χ3n) is 8.29. The number of aryl methyl sites for hydroxylation is 2. The fourth-order valence-electron chi connectivity index (χ4n) is 5.40. The maximum absolute atomic E-state index is 13.6. The average Bonchev–Trinajstić information content (AvgIpc) is 3.53. The Hall–Kier alpha value is -3.49. The number of carbonyl (C=O) groups is 5. The SMILES string of the molecule is CCOC(=O)c1scc(C)c1NC(=O)C[N+]1(CC(=O)Nc2c(C)csc2C(=O)NCCCN(C)C(=O)OC(C)(C)C)CCC(C)(C)CC1. The van der Waals surface area contributed by atoms with Gasteiger partial charge < -0.3 is 34.8 Å². The number of quaternary nitrogens is 1. The summed E-state index contributed by atoms with van der Waals surface area (Å²) in [4.78, 5) is 67.2. The molecule has 0 saturated carbocycles. The minimum absolute atomic E-state index is 0.0597. The second-order valence-corrected chi connectivity index (χ2v) is 16.1. The van der Waals surface area contributed by atoms with Gasteiger partial charge >= 0.3 is 12.1 Å². The van der Waals surface area contributed by atoms with Gasteiger partial charge in [-0.25, -0.2) is 9.59 Å². The summed E-state index contributed by atoms with van der Waals surface area (Å²) >= 11 is 2.48. The summed E-state index contributed by atoms with van der Waals surface area (Å²) < 4.78 is 10.8. The van der Waals surface area contributed by atoms with Crippen molar-refractivity contribution in [1.82, 2.24) is 10.2 Å². The quantitative estimate of drug-likeness (QED) is 0.136. The van der Waals surface area contributed by atoms with E-state index in [2.05, 4.69) is 29.8 Å². The summed E-state index contributed by atoms with van der Waals surface area (Å²) in [7, 11) is 1.65. The van der Waals surface area contributed by atoms with E-state index >= 15 is 0 Å². The zero-order valence-electron chi connectivity index (χ0n) is 29.8. The van der Waals surface area contributed by atoms with Gasteiger partial charge in [0.15, 0.2) is 13.1 Å². The van der Waals surface area contributed by atoms with Gasteiger partial charge in [-0.05, 0) is 75.3 Å². The molecule has 0 unspecified atom stereocenters. The molecule has 12 nitrogen and oxygen atoms in total. The van der Waals surface area contributed by atoms with Crippen molar-refractivity contribution < 1.29 is 37.9 Å². The minimum atomic E-state index is -0.589. The van der Waals surface area contributed by atoms with Gasteiger partial charge in [0, 0.05) is 33.0 Å².